The zero-order chi connectivity index (χ0) is 17.3. The van der Waals surface area contributed by atoms with Gasteiger partial charge in [-0.3, -0.25) is 9.80 Å². The number of aromatic carboxylic acids is 1. The minimum Gasteiger partial charge on any atom is -0.478 e. The maximum atomic E-state index is 12.7. The SMILES string of the molecule is Cc1ccc(C(=O)O)cc1N1CCN(c2ccc(CF)cc2)C1=O. The van der Waals surface area contributed by atoms with Crippen LogP contribution in [0, 0.1) is 6.92 Å². The Bertz CT molecular complexity index is 789. The van der Waals surface area contributed by atoms with Crippen LogP contribution in [0.1, 0.15) is 21.5 Å². The molecule has 2 aromatic rings. The van der Waals surface area contributed by atoms with Gasteiger partial charge in [0.1, 0.15) is 6.67 Å². The summed E-state index contributed by atoms with van der Waals surface area (Å²) in [4.78, 5) is 27.1. The molecule has 124 valence electrons. The van der Waals surface area contributed by atoms with Crippen LogP contribution in [-0.2, 0) is 6.67 Å². The number of carbonyl (C=O) groups is 2. The lowest BCUT2D eigenvalue weighted by Crippen LogP contribution is -2.32. The second-order valence-corrected chi connectivity index (χ2v) is 5.69. The van der Waals surface area contributed by atoms with Crippen molar-refractivity contribution in [3.63, 3.8) is 0 Å². The summed E-state index contributed by atoms with van der Waals surface area (Å²) in [6.07, 6.45) is 0. The largest absolute Gasteiger partial charge is 0.478 e. The van der Waals surface area contributed by atoms with E-state index in [1.54, 1.807) is 40.1 Å². The van der Waals surface area contributed by atoms with Gasteiger partial charge in [0, 0.05) is 24.5 Å². The van der Waals surface area contributed by atoms with Gasteiger partial charge in [-0.25, -0.2) is 14.0 Å². The van der Waals surface area contributed by atoms with E-state index in [0.717, 1.165) is 5.56 Å². The van der Waals surface area contributed by atoms with E-state index in [0.29, 0.717) is 30.0 Å². The lowest BCUT2D eigenvalue weighted by atomic mass is 10.1. The van der Waals surface area contributed by atoms with Crippen LogP contribution in [-0.4, -0.2) is 30.2 Å². The van der Waals surface area contributed by atoms with Crippen LogP contribution in [0.25, 0.3) is 0 Å². The predicted octanol–water partition coefficient (Wildman–Crippen LogP) is 3.61. The standard InChI is InChI=1S/C18H17FN2O3/c1-12-2-5-14(17(22)23)10-16(12)21-9-8-20(18(21)24)15-6-3-13(11-19)4-7-15/h2-7,10H,8-9,11H2,1H3,(H,22,23). The van der Waals surface area contributed by atoms with Crippen molar-refractivity contribution in [1.82, 2.24) is 0 Å². The Balaban J connectivity index is 1.88. The van der Waals surface area contributed by atoms with Gasteiger partial charge in [-0.05, 0) is 42.3 Å². The van der Waals surface area contributed by atoms with Crippen LogP contribution in [0.3, 0.4) is 0 Å². The highest BCUT2D eigenvalue weighted by Gasteiger charge is 2.31. The molecule has 1 aliphatic rings. The minimum atomic E-state index is -1.03. The van der Waals surface area contributed by atoms with Crippen LogP contribution in [0.4, 0.5) is 20.6 Å². The fraction of sp³-hybridized carbons (Fsp3) is 0.222. The molecule has 2 aromatic carbocycles. The highest BCUT2D eigenvalue weighted by Crippen LogP contribution is 2.28. The van der Waals surface area contributed by atoms with Crippen molar-refractivity contribution < 1.29 is 19.1 Å². The third-order valence-electron chi connectivity index (χ3n) is 4.16. The number of rotatable bonds is 4. The molecule has 0 radical (unpaired) electrons. The topological polar surface area (TPSA) is 60.9 Å². The van der Waals surface area contributed by atoms with Gasteiger partial charge in [0.05, 0.1) is 5.56 Å². The molecule has 0 spiro atoms. The summed E-state index contributed by atoms with van der Waals surface area (Å²) in [6.45, 7) is 2.26. The minimum absolute atomic E-state index is 0.147. The van der Waals surface area contributed by atoms with E-state index in [4.69, 9.17) is 5.11 Å². The normalized spacial score (nSPS) is 14.3. The molecule has 0 aliphatic carbocycles. The van der Waals surface area contributed by atoms with Crippen molar-refractivity contribution >= 4 is 23.4 Å². The highest BCUT2D eigenvalue weighted by molar-refractivity contribution is 6.07. The smallest absolute Gasteiger partial charge is 0.335 e. The molecule has 1 fully saturated rings. The van der Waals surface area contributed by atoms with E-state index < -0.39 is 12.6 Å². The van der Waals surface area contributed by atoms with Gasteiger partial charge in [0.25, 0.3) is 0 Å². The Hall–Kier alpha value is -2.89. The fourth-order valence-corrected chi connectivity index (χ4v) is 2.80. The first-order chi connectivity index (χ1) is 11.5. The van der Waals surface area contributed by atoms with Crippen molar-refractivity contribution in [3.05, 3.63) is 59.2 Å². The predicted molar refractivity (Wildman–Crippen MR) is 89.5 cm³/mol. The zero-order valence-corrected chi connectivity index (χ0v) is 13.2. The molecule has 5 nitrogen and oxygen atoms in total. The number of aryl methyl sites for hydroxylation is 1. The lowest BCUT2D eigenvalue weighted by Gasteiger charge is -2.21. The molecule has 1 aliphatic heterocycles. The third kappa shape index (κ3) is 2.82. The summed E-state index contributed by atoms with van der Waals surface area (Å²) < 4.78 is 12.6. The van der Waals surface area contributed by atoms with E-state index >= 15 is 0 Å². The Kier molecular flexibility index (Phi) is 4.20. The summed E-state index contributed by atoms with van der Waals surface area (Å²) in [6, 6.07) is 11.3. The quantitative estimate of drug-likeness (QED) is 0.932. The van der Waals surface area contributed by atoms with Crippen molar-refractivity contribution in [2.75, 3.05) is 22.9 Å². The number of urea groups is 1. The van der Waals surface area contributed by atoms with Gasteiger partial charge in [-0.15, -0.1) is 0 Å². The number of hydrogen-bond acceptors (Lipinski definition) is 2. The van der Waals surface area contributed by atoms with Crippen LogP contribution in [0.2, 0.25) is 0 Å². The average molecular weight is 328 g/mol. The number of carboxylic acids is 1. The zero-order valence-electron chi connectivity index (χ0n) is 13.2. The third-order valence-corrected chi connectivity index (χ3v) is 4.16. The molecule has 6 heteroatoms. The van der Waals surface area contributed by atoms with Crippen LogP contribution < -0.4 is 9.80 Å². The second kappa shape index (κ2) is 6.31. The Morgan fingerprint density at radius 3 is 2.42 bits per heavy atom. The number of nitrogens with zero attached hydrogens (tertiary/aromatic N) is 2. The van der Waals surface area contributed by atoms with Gasteiger partial charge in [-0.1, -0.05) is 18.2 Å². The first kappa shape index (κ1) is 16.0. The average Bonchev–Trinajstić information content (AvgIpc) is 2.96. The molecule has 1 N–H and O–H groups in total. The molecule has 2 amide bonds. The monoisotopic (exact) mass is 328 g/mol. The van der Waals surface area contributed by atoms with E-state index in [2.05, 4.69) is 0 Å². The summed E-state index contributed by atoms with van der Waals surface area (Å²) in [5, 5.41) is 9.14. The van der Waals surface area contributed by atoms with E-state index in [-0.39, 0.29) is 11.6 Å². The Morgan fingerprint density at radius 1 is 1.12 bits per heavy atom. The van der Waals surface area contributed by atoms with Crippen molar-refractivity contribution in [2.24, 2.45) is 0 Å². The Labute approximate surface area is 138 Å². The summed E-state index contributed by atoms with van der Waals surface area (Å²) in [5.41, 5.74) is 2.85. The first-order valence-corrected chi connectivity index (χ1v) is 7.59. The molecule has 24 heavy (non-hydrogen) atoms. The second-order valence-electron chi connectivity index (χ2n) is 5.69. The fourth-order valence-electron chi connectivity index (χ4n) is 2.80. The Morgan fingerprint density at radius 2 is 1.79 bits per heavy atom. The molecule has 1 saturated heterocycles. The van der Waals surface area contributed by atoms with Crippen molar-refractivity contribution in [1.29, 1.82) is 0 Å². The first-order valence-electron chi connectivity index (χ1n) is 7.59. The van der Waals surface area contributed by atoms with Gasteiger partial charge in [-0.2, -0.15) is 0 Å². The maximum absolute atomic E-state index is 12.7. The molecular formula is C18H17FN2O3. The lowest BCUT2D eigenvalue weighted by molar-refractivity contribution is 0.0697. The summed E-state index contributed by atoms with van der Waals surface area (Å²) >= 11 is 0. The van der Waals surface area contributed by atoms with Crippen LogP contribution >= 0.6 is 0 Å². The molecule has 0 saturated carbocycles. The molecule has 0 atom stereocenters. The van der Waals surface area contributed by atoms with Crippen LogP contribution in [0.15, 0.2) is 42.5 Å². The maximum Gasteiger partial charge on any atom is 0.335 e. The number of carboxylic acid groups (broad SMARTS) is 1. The summed E-state index contributed by atoms with van der Waals surface area (Å²) in [7, 11) is 0. The summed E-state index contributed by atoms with van der Waals surface area (Å²) in [5.74, 6) is -1.03. The molecule has 0 aromatic heterocycles. The molecular weight excluding hydrogens is 311 g/mol. The molecule has 0 unspecified atom stereocenters. The number of benzene rings is 2. The van der Waals surface area contributed by atoms with Crippen molar-refractivity contribution in [3.8, 4) is 0 Å². The van der Waals surface area contributed by atoms with Gasteiger partial charge >= 0.3 is 12.0 Å². The van der Waals surface area contributed by atoms with Gasteiger partial charge < -0.3 is 5.11 Å². The number of alkyl halides is 1. The number of hydrogen-bond donors (Lipinski definition) is 1. The van der Waals surface area contributed by atoms with Gasteiger partial charge in [0.2, 0.25) is 0 Å². The molecule has 3 rings (SSSR count). The molecule has 0 bridgehead atoms. The molecule has 1 heterocycles. The highest BCUT2D eigenvalue weighted by atomic mass is 19.1. The number of carbonyl (C=O) groups excluding carboxylic acids is 1. The van der Waals surface area contributed by atoms with E-state index in [9.17, 15) is 14.0 Å². The van der Waals surface area contributed by atoms with E-state index in [1.807, 2.05) is 6.92 Å². The van der Waals surface area contributed by atoms with Crippen molar-refractivity contribution in [2.45, 2.75) is 13.6 Å². The van der Waals surface area contributed by atoms with Gasteiger partial charge in [0.15, 0.2) is 0 Å². The number of amides is 2. The number of halogens is 1. The number of anilines is 2. The van der Waals surface area contributed by atoms with Crippen LogP contribution in [0.5, 0.6) is 0 Å². The van der Waals surface area contributed by atoms with E-state index in [1.165, 1.54) is 12.1 Å².